The summed E-state index contributed by atoms with van der Waals surface area (Å²) >= 11 is 1.58. The topological polar surface area (TPSA) is 66.4 Å². The van der Waals surface area contributed by atoms with E-state index < -0.39 is 11.5 Å². The fourth-order valence-corrected chi connectivity index (χ4v) is 2.88. The number of rotatable bonds is 5. The van der Waals surface area contributed by atoms with Gasteiger partial charge in [0.25, 0.3) is 0 Å². The van der Waals surface area contributed by atoms with Gasteiger partial charge in [0.1, 0.15) is 5.54 Å². The van der Waals surface area contributed by atoms with Crippen LogP contribution >= 0.6 is 11.8 Å². The van der Waals surface area contributed by atoms with E-state index in [0.717, 1.165) is 18.6 Å². The predicted molar refractivity (Wildman–Crippen MR) is 60.0 cm³/mol. The molecule has 2 N–H and O–H groups in total. The van der Waals surface area contributed by atoms with Crippen LogP contribution in [-0.4, -0.2) is 34.0 Å². The Morgan fingerprint density at radius 2 is 2.27 bits per heavy atom. The standard InChI is InChI=1S/C10H17NO3S/c1-2-3-4-8(12)11-10(9(13)14)5-6-15-7-10/h2-7H2,1H3,(H,11,12)(H,13,14). The van der Waals surface area contributed by atoms with E-state index in [1.165, 1.54) is 0 Å². The Bertz CT molecular complexity index is 249. The number of hydrogen-bond donors (Lipinski definition) is 2. The van der Waals surface area contributed by atoms with Crippen molar-refractivity contribution in [3.63, 3.8) is 0 Å². The second-order valence-corrected chi connectivity index (χ2v) is 4.95. The number of carbonyl (C=O) groups is 2. The van der Waals surface area contributed by atoms with Gasteiger partial charge in [-0.3, -0.25) is 4.79 Å². The van der Waals surface area contributed by atoms with Gasteiger partial charge in [-0.15, -0.1) is 0 Å². The lowest BCUT2D eigenvalue weighted by molar-refractivity contribution is -0.146. The third-order valence-corrected chi connectivity index (χ3v) is 3.76. The van der Waals surface area contributed by atoms with Gasteiger partial charge in [-0.05, 0) is 18.6 Å². The molecule has 0 aromatic heterocycles. The van der Waals surface area contributed by atoms with Gasteiger partial charge in [0.15, 0.2) is 0 Å². The van der Waals surface area contributed by atoms with Crippen molar-refractivity contribution in [1.29, 1.82) is 0 Å². The Hall–Kier alpha value is -0.710. The predicted octanol–water partition coefficient (Wildman–Crippen LogP) is 1.25. The van der Waals surface area contributed by atoms with Crippen LogP contribution in [0.25, 0.3) is 0 Å². The minimum atomic E-state index is -1.00. The van der Waals surface area contributed by atoms with E-state index in [9.17, 15) is 9.59 Å². The Kier molecular flexibility index (Phi) is 4.45. The van der Waals surface area contributed by atoms with Gasteiger partial charge in [-0.25, -0.2) is 4.79 Å². The highest BCUT2D eigenvalue weighted by Gasteiger charge is 2.42. The van der Waals surface area contributed by atoms with Crippen LogP contribution in [0.1, 0.15) is 32.6 Å². The number of nitrogens with one attached hydrogen (secondary N) is 1. The Balaban J connectivity index is 2.52. The van der Waals surface area contributed by atoms with Gasteiger partial charge in [0.05, 0.1) is 0 Å². The maximum atomic E-state index is 11.5. The molecule has 1 fully saturated rings. The molecule has 0 saturated carbocycles. The second-order valence-electron chi connectivity index (χ2n) is 3.84. The van der Waals surface area contributed by atoms with Crippen molar-refractivity contribution in [2.45, 2.75) is 38.1 Å². The number of hydrogen-bond acceptors (Lipinski definition) is 3. The van der Waals surface area contributed by atoms with E-state index in [4.69, 9.17) is 5.11 Å². The Morgan fingerprint density at radius 1 is 1.53 bits per heavy atom. The molecule has 0 spiro atoms. The largest absolute Gasteiger partial charge is 0.479 e. The summed E-state index contributed by atoms with van der Waals surface area (Å²) in [5, 5.41) is 11.8. The van der Waals surface area contributed by atoms with Gasteiger partial charge in [-0.2, -0.15) is 11.8 Å². The Labute approximate surface area is 93.8 Å². The number of unbranched alkanes of at least 4 members (excludes halogenated alkanes) is 1. The minimum Gasteiger partial charge on any atom is -0.479 e. The van der Waals surface area contributed by atoms with Crippen molar-refractivity contribution < 1.29 is 14.7 Å². The Morgan fingerprint density at radius 3 is 2.73 bits per heavy atom. The van der Waals surface area contributed by atoms with Crippen LogP contribution in [0.4, 0.5) is 0 Å². The van der Waals surface area contributed by atoms with Crippen molar-refractivity contribution in [3.05, 3.63) is 0 Å². The maximum Gasteiger partial charge on any atom is 0.330 e. The summed E-state index contributed by atoms with van der Waals surface area (Å²) in [6.07, 6.45) is 2.72. The minimum absolute atomic E-state index is 0.137. The van der Waals surface area contributed by atoms with E-state index in [-0.39, 0.29) is 5.91 Å². The first kappa shape index (κ1) is 12.4. The van der Waals surface area contributed by atoms with Crippen molar-refractivity contribution in [2.24, 2.45) is 0 Å². The molecule has 1 aliphatic rings. The maximum absolute atomic E-state index is 11.5. The lowest BCUT2D eigenvalue weighted by Crippen LogP contribution is -2.54. The van der Waals surface area contributed by atoms with Gasteiger partial charge in [0, 0.05) is 12.2 Å². The molecule has 1 saturated heterocycles. The second kappa shape index (κ2) is 5.39. The summed E-state index contributed by atoms with van der Waals surface area (Å²) < 4.78 is 0. The average molecular weight is 231 g/mol. The first-order chi connectivity index (χ1) is 7.10. The first-order valence-electron chi connectivity index (χ1n) is 5.23. The molecule has 1 unspecified atom stereocenters. The van der Waals surface area contributed by atoms with Crippen LogP contribution in [0.3, 0.4) is 0 Å². The molecule has 1 atom stereocenters. The number of carboxylic acids is 1. The quantitative estimate of drug-likeness (QED) is 0.747. The van der Waals surface area contributed by atoms with E-state index in [0.29, 0.717) is 18.6 Å². The zero-order chi connectivity index (χ0) is 11.3. The SMILES string of the molecule is CCCCC(=O)NC1(C(=O)O)CCSC1. The molecule has 0 aliphatic carbocycles. The summed E-state index contributed by atoms with van der Waals surface area (Å²) in [4.78, 5) is 22.6. The van der Waals surface area contributed by atoms with Gasteiger partial charge in [-0.1, -0.05) is 13.3 Å². The molecule has 1 aliphatic heterocycles. The average Bonchev–Trinajstić information content (AvgIpc) is 2.64. The third kappa shape index (κ3) is 3.12. The molecular weight excluding hydrogens is 214 g/mol. The van der Waals surface area contributed by atoms with Crippen molar-refractivity contribution >= 4 is 23.6 Å². The van der Waals surface area contributed by atoms with Gasteiger partial charge < -0.3 is 10.4 Å². The van der Waals surface area contributed by atoms with Gasteiger partial charge >= 0.3 is 5.97 Å². The van der Waals surface area contributed by atoms with Crippen molar-refractivity contribution in [3.8, 4) is 0 Å². The zero-order valence-corrected chi connectivity index (χ0v) is 9.73. The van der Waals surface area contributed by atoms with E-state index in [2.05, 4.69) is 5.32 Å². The van der Waals surface area contributed by atoms with Crippen LogP contribution in [-0.2, 0) is 9.59 Å². The summed E-state index contributed by atoms with van der Waals surface area (Å²) in [6.45, 7) is 2.01. The molecule has 15 heavy (non-hydrogen) atoms. The highest BCUT2D eigenvalue weighted by molar-refractivity contribution is 7.99. The molecule has 0 aromatic rings. The molecule has 1 amide bonds. The molecule has 0 aromatic carbocycles. The van der Waals surface area contributed by atoms with Crippen molar-refractivity contribution in [2.75, 3.05) is 11.5 Å². The molecule has 1 heterocycles. The fraction of sp³-hybridized carbons (Fsp3) is 0.800. The number of amides is 1. The highest BCUT2D eigenvalue weighted by atomic mass is 32.2. The monoisotopic (exact) mass is 231 g/mol. The lowest BCUT2D eigenvalue weighted by atomic mass is 9.99. The van der Waals surface area contributed by atoms with Crippen LogP contribution in [0.5, 0.6) is 0 Å². The van der Waals surface area contributed by atoms with Crippen LogP contribution in [0, 0.1) is 0 Å². The van der Waals surface area contributed by atoms with Crippen LogP contribution in [0.15, 0.2) is 0 Å². The van der Waals surface area contributed by atoms with Crippen molar-refractivity contribution in [1.82, 2.24) is 5.32 Å². The van der Waals surface area contributed by atoms with E-state index >= 15 is 0 Å². The zero-order valence-electron chi connectivity index (χ0n) is 8.91. The number of carboxylic acid groups (broad SMARTS) is 1. The number of carbonyl (C=O) groups excluding carboxylic acids is 1. The third-order valence-electron chi connectivity index (χ3n) is 2.57. The fourth-order valence-electron chi connectivity index (χ4n) is 1.55. The summed E-state index contributed by atoms with van der Waals surface area (Å²) in [7, 11) is 0. The van der Waals surface area contributed by atoms with Gasteiger partial charge in [0.2, 0.25) is 5.91 Å². The molecule has 0 bridgehead atoms. The molecule has 1 rings (SSSR count). The summed E-state index contributed by atoms with van der Waals surface area (Å²) in [6, 6.07) is 0. The normalized spacial score (nSPS) is 25.1. The van der Waals surface area contributed by atoms with E-state index in [1.54, 1.807) is 11.8 Å². The summed E-state index contributed by atoms with van der Waals surface area (Å²) in [5.41, 5.74) is -1.00. The molecule has 86 valence electrons. The summed E-state index contributed by atoms with van der Waals surface area (Å²) in [5.74, 6) is 0.250. The first-order valence-corrected chi connectivity index (χ1v) is 6.38. The smallest absolute Gasteiger partial charge is 0.330 e. The van der Waals surface area contributed by atoms with Crippen LogP contribution < -0.4 is 5.32 Å². The molecule has 5 heteroatoms. The highest BCUT2D eigenvalue weighted by Crippen LogP contribution is 2.28. The number of thioether (sulfide) groups is 1. The van der Waals surface area contributed by atoms with E-state index in [1.807, 2.05) is 6.92 Å². The molecule has 4 nitrogen and oxygen atoms in total. The number of aliphatic carboxylic acids is 1. The lowest BCUT2D eigenvalue weighted by Gasteiger charge is -2.24. The molecule has 0 radical (unpaired) electrons. The van der Waals surface area contributed by atoms with Crippen LogP contribution in [0.2, 0.25) is 0 Å². The molecular formula is C10H17NO3S.